The van der Waals surface area contributed by atoms with Gasteiger partial charge in [-0.25, -0.2) is 5.43 Å². The van der Waals surface area contributed by atoms with Gasteiger partial charge in [0.25, 0.3) is 5.69 Å². The normalized spacial score (nSPS) is 11.0. The average Bonchev–Trinajstić information content (AvgIpc) is 2.85. The summed E-state index contributed by atoms with van der Waals surface area (Å²) >= 11 is 3.38. The topological polar surface area (TPSA) is 93.8 Å². The molecule has 0 aromatic heterocycles. The number of fused-ring (bicyclic) bond motifs is 1. The third-order valence-corrected chi connectivity index (χ3v) is 5.66. The lowest BCUT2D eigenvalue weighted by Gasteiger charge is -2.12. The zero-order valence-electron chi connectivity index (χ0n) is 18.0. The van der Waals surface area contributed by atoms with Crippen molar-refractivity contribution in [3.63, 3.8) is 0 Å². The Balaban J connectivity index is 1.50. The lowest BCUT2D eigenvalue weighted by atomic mass is 10.0. The molecule has 170 valence electrons. The summed E-state index contributed by atoms with van der Waals surface area (Å²) in [5.74, 6) is 0.357. The molecule has 8 heteroatoms. The summed E-state index contributed by atoms with van der Waals surface area (Å²) in [4.78, 5) is 22.7. The molecule has 0 heterocycles. The maximum Gasteiger partial charge on any atom is 0.269 e. The molecule has 0 spiro atoms. The number of ether oxygens (including phenoxy) is 1. The Morgan fingerprint density at radius 3 is 2.41 bits per heavy atom. The minimum Gasteiger partial charge on any atom is -0.488 e. The summed E-state index contributed by atoms with van der Waals surface area (Å²) in [6.45, 7) is 0.229. The average molecular weight is 518 g/mol. The number of hydrogen-bond donors (Lipinski definition) is 1. The van der Waals surface area contributed by atoms with Crippen molar-refractivity contribution in [1.82, 2.24) is 5.43 Å². The van der Waals surface area contributed by atoms with Crippen molar-refractivity contribution in [3.05, 3.63) is 116 Å². The number of nitro benzene ring substituents is 1. The Hall–Kier alpha value is -4.04. The van der Waals surface area contributed by atoms with Crippen LogP contribution in [0.15, 0.2) is 94.5 Å². The highest BCUT2D eigenvalue weighted by Crippen LogP contribution is 2.27. The van der Waals surface area contributed by atoms with E-state index in [9.17, 15) is 14.9 Å². The van der Waals surface area contributed by atoms with Gasteiger partial charge in [0.2, 0.25) is 5.91 Å². The van der Waals surface area contributed by atoms with Crippen LogP contribution in [-0.2, 0) is 17.8 Å². The Bertz CT molecular complexity index is 1350. The standard InChI is InChI=1S/C26H20BrN3O4/c27-21-10-5-18(6-11-21)15-26(31)29-28-16-24-23-4-2-1-3-20(23)9-14-25(24)34-17-19-7-12-22(13-8-19)30(32)33/h1-14,16H,15,17H2,(H,29,31)/b28-16-. The Labute approximate surface area is 204 Å². The van der Waals surface area contributed by atoms with Gasteiger partial charge in [-0.15, -0.1) is 0 Å². The van der Waals surface area contributed by atoms with Crippen LogP contribution in [0.5, 0.6) is 5.75 Å². The number of halogens is 1. The van der Waals surface area contributed by atoms with Crippen molar-refractivity contribution in [2.45, 2.75) is 13.0 Å². The van der Waals surface area contributed by atoms with Gasteiger partial charge in [0.05, 0.1) is 17.6 Å². The third-order valence-electron chi connectivity index (χ3n) is 5.13. The molecular formula is C26H20BrN3O4. The van der Waals surface area contributed by atoms with Crippen LogP contribution in [0.25, 0.3) is 10.8 Å². The van der Waals surface area contributed by atoms with Gasteiger partial charge < -0.3 is 4.74 Å². The van der Waals surface area contributed by atoms with Gasteiger partial charge in [-0.05, 0) is 52.2 Å². The Morgan fingerprint density at radius 1 is 0.971 bits per heavy atom. The first-order chi connectivity index (χ1) is 16.5. The number of nitrogens with zero attached hydrogens (tertiary/aromatic N) is 2. The summed E-state index contributed by atoms with van der Waals surface area (Å²) < 4.78 is 6.97. The molecule has 0 aliphatic rings. The molecule has 0 radical (unpaired) electrons. The predicted octanol–water partition coefficient (Wildman–Crippen LogP) is 5.78. The molecule has 0 saturated carbocycles. The molecule has 0 bridgehead atoms. The number of amides is 1. The second kappa shape index (κ2) is 10.7. The quantitative estimate of drug-likeness (QED) is 0.182. The summed E-state index contributed by atoms with van der Waals surface area (Å²) in [7, 11) is 0. The van der Waals surface area contributed by atoms with Crippen LogP contribution >= 0.6 is 15.9 Å². The van der Waals surface area contributed by atoms with E-state index < -0.39 is 4.92 Å². The first kappa shape index (κ1) is 23.1. The monoisotopic (exact) mass is 517 g/mol. The van der Waals surface area contributed by atoms with Gasteiger partial charge in [-0.3, -0.25) is 14.9 Å². The number of nitro groups is 1. The molecule has 0 fully saturated rings. The van der Waals surface area contributed by atoms with Crippen molar-refractivity contribution in [2.75, 3.05) is 0 Å². The van der Waals surface area contributed by atoms with Gasteiger partial charge in [-0.2, -0.15) is 5.10 Å². The highest BCUT2D eigenvalue weighted by molar-refractivity contribution is 9.10. The van der Waals surface area contributed by atoms with E-state index >= 15 is 0 Å². The second-order valence-corrected chi connectivity index (χ2v) is 8.42. The lowest BCUT2D eigenvalue weighted by Crippen LogP contribution is -2.19. The van der Waals surface area contributed by atoms with E-state index in [1.807, 2.05) is 60.7 Å². The molecule has 0 aliphatic carbocycles. The number of hydrazone groups is 1. The molecule has 4 aromatic rings. The number of nitrogens with one attached hydrogen (secondary N) is 1. The van der Waals surface area contributed by atoms with Crippen molar-refractivity contribution >= 4 is 44.5 Å². The van der Waals surface area contributed by atoms with Gasteiger partial charge in [0, 0.05) is 22.2 Å². The highest BCUT2D eigenvalue weighted by atomic mass is 79.9. The molecule has 0 saturated heterocycles. The fourth-order valence-corrected chi connectivity index (χ4v) is 3.67. The maximum absolute atomic E-state index is 12.3. The summed E-state index contributed by atoms with van der Waals surface area (Å²) in [5, 5.41) is 16.9. The van der Waals surface area contributed by atoms with E-state index in [-0.39, 0.29) is 24.6 Å². The molecule has 4 aromatic carbocycles. The number of carbonyl (C=O) groups is 1. The largest absolute Gasteiger partial charge is 0.488 e. The van der Waals surface area contributed by atoms with Crippen LogP contribution < -0.4 is 10.2 Å². The molecule has 1 amide bonds. The Kier molecular flexibility index (Phi) is 7.29. The molecule has 4 rings (SSSR count). The van der Waals surface area contributed by atoms with E-state index in [0.717, 1.165) is 31.9 Å². The Morgan fingerprint density at radius 2 is 1.68 bits per heavy atom. The zero-order chi connectivity index (χ0) is 23.9. The van der Waals surface area contributed by atoms with E-state index in [4.69, 9.17) is 4.74 Å². The van der Waals surface area contributed by atoms with E-state index in [1.165, 1.54) is 12.1 Å². The van der Waals surface area contributed by atoms with Crippen LogP contribution in [0.3, 0.4) is 0 Å². The minimum absolute atomic E-state index is 0.0288. The van der Waals surface area contributed by atoms with Crippen LogP contribution in [0.1, 0.15) is 16.7 Å². The van der Waals surface area contributed by atoms with Crippen molar-refractivity contribution < 1.29 is 14.5 Å². The molecule has 0 unspecified atom stereocenters. The number of carbonyl (C=O) groups excluding carboxylic acids is 1. The molecule has 0 atom stereocenters. The number of rotatable bonds is 8. The predicted molar refractivity (Wildman–Crippen MR) is 135 cm³/mol. The molecule has 34 heavy (non-hydrogen) atoms. The van der Waals surface area contributed by atoms with Crippen LogP contribution in [-0.4, -0.2) is 17.0 Å². The highest BCUT2D eigenvalue weighted by Gasteiger charge is 2.10. The number of benzene rings is 4. The van der Waals surface area contributed by atoms with Gasteiger partial charge in [0.1, 0.15) is 12.4 Å². The first-order valence-electron chi connectivity index (χ1n) is 10.4. The van der Waals surface area contributed by atoms with Gasteiger partial charge >= 0.3 is 0 Å². The van der Waals surface area contributed by atoms with E-state index in [0.29, 0.717) is 5.75 Å². The van der Waals surface area contributed by atoms with Crippen LogP contribution in [0.2, 0.25) is 0 Å². The fourth-order valence-electron chi connectivity index (χ4n) is 3.41. The third kappa shape index (κ3) is 5.85. The van der Waals surface area contributed by atoms with E-state index in [1.54, 1.807) is 18.3 Å². The van der Waals surface area contributed by atoms with Crippen LogP contribution in [0, 0.1) is 10.1 Å². The maximum atomic E-state index is 12.3. The van der Waals surface area contributed by atoms with Crippen molar-refractivity contribution in [1.29, 1.82) is 0 Å². The van der Waals surface area contributed by atoms with Gasteiger partial charge in [0.15, 0.2) is 0 Å². The number of non-ortho nitro benzene ring substituents is 1. The SMILES string of the molecule is O=C(Cc1ccc(Br)cc1)N/N=C\c1c(OCc2ccc([N+](=O)[O-])cc2)ccc2ccccc12. The summed E-state index contributed by atoms with van der Waals surface area (Å²) in [6, 6.07) is 25.3. The van der Waals surface area contributed by atoms with Crippen molar-refractivity contribution in [3.8, 4) is 5.75 Å². The summed E-state index contributed by atoms with van der Waals surface area (Å²) in [5.41, 5.74) is 5.01. The molecule has 0 aliphatic heterocycles. The van der Waals surface area contributed by atoms with Crippen molar-refractivity contribution in [2.24, 2.45) is 5.10 Å². The van der Waals surface area contributed by atoms with Crippen LogP contribution in [0.4, 0.5) is 5.69 Å². The van der Waals surface area contributed by atoms with Gasteiger partial charge in [-0.1, -0.05) is 58.4 Å². The lowest BCUT2D eigenvalue weighted by molar-refractivity contribution is -0.384. The second-order valence-electron chi connectivity index (χ2n) is 7.51. The van der Waals surface area contributed by atoms with E-state index in [2.05, 4.69) is 26.5 Å². The fraction of sp³-hybridized carbons (Fsp3) is 0.0769. The molecule has 7 nitrogen and oxygen atoms in total. The summed E-state index contributed by atoms with van der Waals surface area (Å²) in [6.07, 6.45) is 1.79. The smallest absolute Gasteiger partial charge is 0.269 e. The first-order valence-corrected chi connectivity index (χ1v) is 11.2. The molecular weight excluding hydrogens is 498 g/mol. The minimum atomic E-state index is -0.437. The zero-order valence-corrected chi connectivity index (χ0v) is 19.6. The molecule has 1 N–H and O–H groups in total. The number of hydrogen-bond acceptors (Lipinski definition) is 5.